The van der Waals surface area contributed by atoms with Gasteiger partial charge in [0.1, 0.15) is 0 Å². The van der Waals surface area contributed by atoms with Gasteiger partial charge < -0.3 is 10.6 Å². The minimum Gasteiger partial charge on any atom is -0.397 e. The average Bonchev–Trinajstić information content (AvgIpc) is 2.16. The van der Waals surface area contributed by atoms with Crippen LogP contribution in [0.3, 0.4) is 0 Å². The van der Waals surface area contributed by atoms with E-state index in [1.54, 1.807) is 6.07 Å². The highest BCUT2D eigenvalue weighted by Crippen LogP contribution is 2.26. The minimum atomic E-state index is -0.452. The number of hydrogen-bond donors (Lipinski definition) is 1. The molecule has 0 spiro atoms. The van der Waals surface area contributed by atoms with Gasteiger partial charge in [-0.05, 0) is 13.0 Å². The van der Waals surface area contributed by atoms with Gasteiger partial charge >= 0.3 is 0 Å². The molecular weight excluding hydrogens is 182 g/mol. The quantitative estimate of drug-likeness (QED) is 0.452. The van der Waals surface area contributed by atoms with Crippen LogP contribution >= 0.6 is 0 Å². The van der Waals surface area contributed by atoms with Crippen LogP contribution in [0.4, 0.5) is 17.1 Å². The van der Waals surface area contributed by atoms with E-state index in [1.807, 2.05) is 18.9 Å². The van der Waals surface area contributed by atoms with Crippen molar-refractivity contribution >= 4 is 17.1 Å². The summed E-state index contributed by atoms with van der Waals surface area (Å²) >= 11 is 0. The van der Waals surface area contributed by atoms with Crippen LogP contribution in [0.15, 0.2) is 18.2 Å². The van der Waals surface area contributed by atoms with Crippen LogP contribution in [0.1, 0.15) is 6.92 Å². The zero-order valence-corrected chi connectivity index (χ0v) is 8.23. The third kappa shape index (κ3) is 1.93. The number of nitro benzene ring substituents is 1. The molecule has 0 aromatic heterocycles. The first-order valence-corrected chi connectivity index (χ1v) is 4.31. The van der Waals surface area contributed by atoms with E-state index in [2.05, 4.69) is 0 Å². The number of anilines is 2. The summed E-state index contributed by atoms with van der Waals surface area (Å²) in [6, 6.07) is 4.50. The number of nitrogen functional groups attached to an aromatic ring is 1. The number of non-ortho nitro benzene ring substituents is 1. The van der Waals surface area contributed by atoms with Crippen molar-refractivity contribution in [2.24, 2.45) is 0 Å². The molecule has 0 radical (unpaired) electrons. The van der Waals surface area contributed by atoms with Gasteiger partial charge in [-0.3, -0.25) is 10.1 Å². The molecule has 0 aliphatic heterocycles. The number of benzene rings is 1. The molecule has 5 heteroatoms. The zero-order valence-electron chi connectivity index (χ0n) is 8.23. The highest BCUT2D eigenvalue weighted by Gasteiger charge is 2.10. The molecule has 1 rings (SSSR count). The highest BCUT2D eigenvalue weighted by atomic mass is 16.6. The molecule has 0 saturated heterocycles. The lowest BCUT2D eigenvalue weighted by molar-refractivity contribution is -0.384. The van der Waals surface area contributed by atoms with E-state index in [0.717, 1.165) is 12.2 Å². The predicted octanol–water partition coefficient (Wildman–Crippen LogP) is 1.63. The Morgan fingerprint density at radius 2 is 2.21 bits per heavy atom. The summed E-state index contributed by atoms with van der Waals surface area (Å²) < 4.78 is 0. The minimum absolute atomic E-state index is 0.0238. The van der Waals surface area contributed by atoms with E-state index in [1.165, 1.54) is 12.1 Å². The van der Waals surface area contributed by atoms with Crippen molar-refractivity contribution in [2.45, 2.75) is 6.92 Å². The lowest BCUT2D eigenvalue weighted by Gasteiger charge is -2.18. The summed E-state index contributed by atoms with van der Waals surface area (Å²) in [6.07, 6.45) is 0. The van der Waals surface area contributed by atoms with Gasteiger partial charge in [0.15, 0.2) is 0 Å². The summed E-state index contributed by atoms with van der Waals surface area (Å²) in [6.45, 7) is 2.79. The molecular formula is C9H13N3O2. The summed E-state index contributed by atoms with van der Waals surface area (Å²) in [5.41, 5.74) is 6.96. The third-order valence-corrected chi connectivity index (χ3v) is 2.11. The Kier molecular flexibility index (Phi) is 2.91. The molecule has 1 aromatic rings. The molecule has 1 aromatic carbocycles. The van der Waals surface area contributed by atoms with Crippen LogP contribution in [-0.2, 0) is 0 Å². The van der Waals surface area contributed by atoms with E-state index in [4.69, 9.17) is 5.73 Å². The zero-order chi connectivity index (χ0) is 10.7. The fourth-order valence-corrected chi connectivity index (χ4v) is 1.17. The molecule has 0 unspecified atom stereocenters. The van der Waals surface area contributed by atoms with Crippen molar-refractivity contribution < 1.29 is 4.92 Å². The molecule has 0 heterocycles. The monoisotopic (exact) mass is 195 g/mol. The largest absolute Gasteiger partial charge is 0.397 e. The molecule has 2 N–H and O–H groups in total. The number of rotatable bonds is 3. The highest BCUT2D eigenvalue weighted by molar-refractivity contribution is 5.70. The van der Waals surface area contributed by atoms with Gasteiger partial charge in [-0.1, -0.05) is 0 Å². The molecule has 76 valence electrons. The molecule has 0 amide bonds. The third-order valence-electron chi connectivity index (χ3n) is 2.11. The Labute approximate surface area is 82.3 Å². The normalized spacial score (nSPS) is 9.86. The van der Waals surface area contributed by atoms with Crippen LogP contribution in [-0.4, -0.2) is 18.5 Å². The van der Waals surface area contributed by atoms with Gasteiger partial charge in [-0.2, -0.15) is 0 Å². The second-order valence-electron chi connectivity index (χ2n) is 3.01. The maximum atomic E-state index is 10.4. The lowest BCUT2D eigenvalue weighted by atomic mass is 10.2. The summed E-state index contributed by atoms with van der Waals surface area (Å²) in [7, 11) is 1.89. The van der Waals surface area contributed by atoms with Crippen molar-refractivity contribution in [3.63, 3.8) is 0 Å². The Morgan fingerprint density at radius 3 is 2.64 bits per heavy atom. The fraction of sp³-hybridized carbons (Fsp3) is 0.333. The molecule has 0 aliphatic carbocycles. The summed E-state index contributed by atoms with van der Waals surface area (Å²) in [5, 5.41) is 10.4. The van der Waals surface area contributed by atoms with Gasteiger partial charge in [0.25, 0.3) is 5.69 Å². The smallest absolute Gasteiger partial charge is 0.271 e. The summed E-state index contributed by atoms with van der Waals surface area (Å²) in [5.74, 6) is 0. The van der Waals surface area contributed by atoms with Crippen LogP contribution < -0.4 is 10.6 Å². The van der Waals surface area contributed by atoms with E-state index < -0.39 is 4.92 Å². The molecule has 0 bridgehead atoms. The van der Waals surface area contributed by atoms with Gasteiger partial charge in [-0.25, -0.2) is 0 Å². The van der Waals surface area contributed by atoms with Crippen molar-refractivity contribution in [3.05, 3.63) is 28.3 Å². The number of nitrogens with zero attached hydrogens (tertiary/aromatic N) is 2. The summed E-state index contributed by atoms with van der Waals surface area (Å²) in [4.78, 5) is 11.9. The van der Waals surface area contributed by atoms with Crippen LogP contribution in [0.25, 0.3) is 0 Å². The van der Waals surface area contributed by atoms with Crippen LogP contribution in [0.5, 0.6) is 0 Å². The van der Waals surface area contributed by atoms with Crippen molar-refractivity contribution in [3.8, 4) is 0 Å². The second-order valence-corrected chi connectivity index (χ2v) is 3.01. The SMILES string of the molecule is CCN(C)c1ccc([N+](=O)[O-])cc1N. The standard InChI is InChI=1S/C9H13N3O2/c1-3-11(2)9-5-4-7(12(13)14)6-8(9)10/h4-6H,3,10H2,1-2H3. The van der Waals surface area contributed by atoms with Crippen molar-refractivity contribution in [1.82, 2.24) is 0 Å². The molecule has 14 heavy (non-hydrogen) atoms. The van der Waals surface area contributed by atoms with Crippen molar-refractivity contribution in [1.29, 1.82) is 0 Å². The Bertz CT molecular complexity index is 352. The van der Waals surface area contributed by atoms with E-state index >= 15 is 0 Å². The Balaban J connectivity index is 3.07. The number of nitro groups is 1. The average molecular weight is 195 g/mol. The first kappa shape index (κ1) is 10.3. The van der Waals surface area contributed by atoms with Gasteiger partial charge in [0.05, 0.1) is 16.3 Å². The van der Waals surface area contributed by atoms with E-state index in [-0.39, 0.29) is 5.69 Å². The second kappa shape index (κ2) is 3.95. The molecule has 0 fully saturated rings. The number of hydrogen-bond acceptors (Lipinski definition) is 4. The first-order chi connectivity index (χ1) is 6.56. The maximum absolute atomic E-state index is 10.4. The van der Waals surface area contributed by atoms with Crippen LogP contribution in [0.2, 0.25) is 0 Å². The topological polar surface area (TPSA) is 72.4 Å². The molecule has 0 saturated carbocycles. The van der Waals surface area contributed by atoms with Gasteiger partial charge in [0, 0.05) is 25.7 Å². The maximum Gasteiger partial charge on any atom is 0.271 e. The molecule has 0 atom stereocenters. The van der Waals surface area contributed by atoms with Crippen molar-refractivity contribution in [2.75, 3.05) is 24.2 Å². The van der Waals surface area contributed by atoms with Gasteiger partial charge in [-0.15, -0.1) is 0 Å². The van der Waals surface area contributed by atoms with Crippen LogP contribution in [0, 0.1) is 10.1 Å². The lowest BCUT2D eigenvalue weighted by Crippen LogP contribution is -2.17. The first-order valence-electron chi connectivity index (χ1n) is 4.31. The van der Waals surface area contributed by atoms with E-state index in [9.17, 15) is 10.1 Å². The van der Waals surface area contributed by atoms with Gasteiger partial charge in [0.2, 0.25) is 0 Å². The number of nitrogens with two attached hydrogens (primary N) is 1. The Hall–Kier alpha value is -1.78. The van der Waals surface area contributed by atoms with E-state index in [0.29, 0.717) is 5.69 Å². The molecule has 5 nitrogen and oxygen atoms in total. The predicted molar refractivity (Wildman–Crippen MR) is 56.5 cm³/mol. The fourth-order valence-electron chi connectivity index (χ4n) is 1.17. The molecule has 0 aliphatic rings. The Morgan fingerprint density at radius 1 is 1.57 bits per heavy atom.